The quantitative estimate of drug-likeness (QED) is 0.619. The van der Waals surface area contributed by atoms with Crippen LogP contribution in [0.3, 0.4) is 0 Å². The third kappa shape index (κ3) is 2.26. The van der Waals surface area contributed by atoms with Gasteiger partial charge in [0.2, 0.25) is 5.91 Å². The summed E-state index contributed by atoms with van der Waals surface area (Å²) in [6, 6.07) is 3.45. The lowest BCUT2D eigenvalue weighted by atomic mass is 9.50. The predicted octanol–water partition coefficient (Wildman–Crippen LogP) is 3.68. The zero-order chi connectivity index (χ0) is 29.7. The van der Waals surface area contributed by atoms with E-state index in [4.69, 9.17) is 16.3 Å². The van der Waals surface area contributed by atoms with Gasteiger partial charge in [0.05, 0.1) is 14.0 Å². The van der Waals surface area contributed by atoms with Crippen LogP contribution < -0.4 is 10.1 Å². The van der Waals surface area contributed by atoms with Crippen LogP contribution >= 0.6 is 0 Å². The molecule has 4 atom stereocenters. The van der Waals surface area contributed by atoms with Crippen LogP contribution in [0.1, 0.15) is 83.6 Å². The minimum Gasteiger partial charge on any atom is -0.483 e. The molecule has 6 aliphatic rings. The van der Waals surface area contributed by atoms with Gasteiger partial charge in [0.25, 0.3) is 5.91 Å². The Bertz CT molecular complexity index is 1590. The maximum Gasteiger partial charge on any atom is 0.252 e. The number of piperazine rings is 1. The Morgan fingerprint density at radius 1 is 1.31 bits per heavy atom. The Balaban J connectivity index is 1.56. The molecule has 4 fully saturated rings. The van der Waals surface area contributed by atoms with Crippen LogP contribution in [0.25, 0.3) is 17.0 Å². The third-order valence-corrected chi connectivity index (χ3v) is 9.43. The van der Waals surface area contributed by atoms with Gasteiger partial charge in [-0.2, -0.15) is 4.73 Å². The van der Waals surface area contributed by atoms with Crippen LogP contribution in [0.4, 0.5) is 0 Å². The van der Waals surface area contributed by atoms with E-state index in [2.05, 4.69) is 5.32 Å². The Morgan fingerprint density at radius 2 is 2.11 bits per heavy atom. The lowest BCUT2D eigenvalue weighted by Gasteiger charge is -2.65. The molecule has 2 unspecified atom stereocenters. The van der Waals surface area contributed by atoms with Gasteiger partial charge in [0.1, 0.15) is 23.0 Å². The van der Waals surface area contributed by atoms with Gasteiger partial charge in [-0.3, -0.25) is 9.59 Å². The number of amides is 2. The van der Waals surface area contributed by atoms with Crippen molar-refractivity contribution in [2.75, 3.05) is 13.1 Å². The Labute approximate surface area is 217 Å². The van der Waals surface area contributed by atoms with Crippen LogP contribution in [0.5, 0.6) is 5.75 Å². The molecule has 0 radical (unpaired) electrons. The average molecular weight is 497 g/mol. The maximum atomic E-state index is 14.5. The number of aromatic nitrogens is 1. The van der Waals surface area contributed by atoms with Crippen molar-refractivity contribution in [3.63, 3.8) is 0 Å². The van der Waals surface area contributed by atoms with E-state index in [0.29, 0.717) is 47.3 Å². The first-order valence-corrected chi connectivity index (χ1v) is 12.5. The van der Waals surface area contributed by atoms with Crippen molar-refractivity contribution in [2.24, 2.45) is 5.92 Å². The number of carbonyl (C=O) groups excluding carboxylic acids is 2. The van der Waals surface area contributed by atoms with E-state index in [1.54, 1.807) is 17.0 Å². The summed E-state index contributed by atoms with van der Waals surface area (Å²) >= 11 is 0. The molecule has 1 aliphatic carbocycles. The van der Waals surface area contributed by atoms with Gasteiger partial charge in [0, 0.05) is 45.1 Å². The topological polar surface area (TPSA) is 93.0 Å². The minimum absolute atomic E-state index is 0.278. The van der Waals surface area contributed by atoms with Gasteiger partial charge in [-0.1, -0.05) is 13.8 Å². The molecule has 1 aromatic carbocycles. The van der Waals surface area contributed by atoms with Gasteiger partial charge in [0.15, 0.2) is 5.54 Å². The second-order valence-electron chi connectivity index (χ2n) is 12.0. The fraction of sp³-hybridized carbons (Fsp3) is 0.571. The van der Waals surface area contributed by atoms with E-state index in [9.17, 15) is 14.8 Å². The van der Waals surface area contributed by atoms with Crippen LogP contribution in [-0.2, 0) is 19.7 Å². The first-order chi connectivity index (χ1) is 18.9. The summed E-state index contributed by atoms with van der Waals surface area (Å²) in [7, 11) is 0. The highest BCUT2D eigenvalue weighted by molar-refractivity contribution is 6.07. The van der Waals surface area contributed by atoms with E-state index in [0.717, 1.165) is 4.73 Å². The number of hydrogen-bond acceptors (Lipinski definition) is 5. The van der Waals surface area contributed by atoms with Crippen molar-refractivity contribution in [1.29, 1.82) is 0 Å². The highest BCUT2D eigenvalue weighted by atomic mass is 16.5. The summed E-state index contributed by atoms with van der Waals surface area (Å²) in [4.78, 5) is 29.9. The molecule has 2 bridgehead atoms. The normalized spacial score (nSPS) is 37.4. The van der Waals surface area contributed by atoms with E-state index >= 15 is 0 Å². The largest absolute Gasteiger partial charge is 0.483 e. The maximum absolute atomic E-state index is 14.5. The predicted molar refractivity (Wildman–Crippen MR) is 133 cm³/mol. The Kier molecular flexibility index (Phi) is 3.13. The smallest absolute Gasteiger partial charge is 0.252 e. The minimum atomic E-state index is -3.20. The summed E-state index contributed by atoms with van der Waals surface area (Å²) in [6.07, 6.45) is 3.59. The molecule has 36 heavy (non-hydrogen) atoms. The van der Waals surface area contributed by atoms with Gasteiger partial charge < -0.3 is 24.9 Å². The molecule has 2 amide bonds. The molecule has 2 spiro atoms. The monoisotopic (exact) mass is 496 g/mol. The second kappa shape index (κ2) is 6.46. The first kappa shape index (κ1) is 17.5. The number of nitrogens with zero attached hydrogens (tertiary/aromatic N) is 2. The number of nitrogens with one attached hydrogen (secondary N) is 1. The van der Waals surface area contributed by atoms with Crippen LogP contribution in [0.15, 0.2) is 18.2 Å². The van der Waals surface area contributed by atoms with Crippen molar-refractivity contribution in [1.82, 2.24) is 14.9 Å². The second-order valence-corrected chi connectivity index (χ2v) is 12.0. The number of carbonyl (C=O) groups is 2. The first-order valence-electron chi connectivity index (χ1n) is 15.0. The van der Waals surface area contributed by atoms with Crippen molar-refractivity contribution in [2.45, 2.75) is 82.0 Å². The molecule has 190 valence electrons. The van der Waals surface area contributed by atoms with Crippen LogP contribution in [-0.4, -0.2) is 56.4 Å². The number of ether oxygens (including phenoxy) is 2. The fourth-order valence-electron chi connectivity index (χ4n) is 7.95. The molecule has 4 saturated heterocycles. The molecule has 1 aromatic heterocycles. The van der Waals surface area contributed by atoms with Crippen LogP contribution in [0.2, 0.25) is 0 Å². The molecule has 8 nitrogen and oxygen atoms in total. The number of benzene rings is 1. The zero-order valence-electron chi connectivity index (χ0n) is 25.8. The fourth-order valence-corrected chi connectivity index (χ4v) is 7.95. The number of fused-ring (bicyclic) bond motifs is 6. The highest BCUT2D eigenvalue weighted by Gasteiger charge is 2.76. The van der Waals surface area contributed by atoms with E-state index in [1.807, 2.05) is 39.8 Å². The molecular formula is C28H33N3O5. The van der Waals surface area contributed by atoms with E-state index in [1.165, 1.54) is 0 Å². The van der Waals surface area contributed by atoms with Crippen molar-refractivity contribution in [3.8, 4) is 5.75 Å². The van der Waals surface area contributed by atoms with Crippen molar-refractivity contribution >= 4 is 28.8 Å². The average Bonchev–Trinajstić information content (AvgIpc) is 3.42. The summed E-state index contributed by atoms with van der Waals surface area (Å²) in [5, 5.41) is 15.3. The standard InChI is InChI=1S/C28H33N3O5/c1-6-35-22-19-16-8-9-17-15(10-12-25(2,3)36-17)20(16)31(34)21(19)26(4,5)18-14-27-11-7-13-30(27)24(33)28(18,22)29-23(27)32/h8-10,12,18,22,34H,6-7,11,13-14H2,1-5H3,(H,29,32)/t18?,22?,27-,28+/m0/s1/i1D3,6D2. The lowest BCUT2D eigenvalue weighted by molar-refractivity contribution is -0.195. The SMILES string of the molecule is [2H]C([2H])([2H])C([2H])([2H])OC1c2c(n(O)c3c4c(ccc23)OC(C)(C)C=C4)C(C)(C)C2C[C@]34CCCN3C(=O)[C@]12NC4=O. The molecule has 8 heteroatoms. The number of rotatable bonds is 2. The molecule has 2 N–H and O–H groups in total. The summed E-state index contributed by atoms with van der Waals surface area (Å²) in [6.45, 7) is 1.61. The van der Waals surface area contributed by atoms with E-state index in [-0.39, 0.29) is 17.9 Å². The number of hydrogen-bond donors (Lipinski definition) is 2. The Hall–Kier alpha value is -3.00. The molecule has 6 heterocycles. The van der Waals surface area contributed by atoms with Crippen molar-refractivity contribution < 1.29 is 31.1 Å². The molecular weight excluding hydrogens is 458 g/mol. The molecule has 2 aromatic rings. The summed E-state index contributed by atoms with van der Waals surface area (Å²) < 4.78 is 53.7. The molecule has 5 aliphatic heterocycles. The number of piperidine rings is 2. The van der Waals surface area contributed by atoms with Crippen LogP contribution in [0, 0.1) is 5.92 Å². The van der Waals surface area contributed by atoms with E-state index < -0.39 is 53.4 Å². The molecule has 8 rings (SSSR count). The lowest BCUT2D eigenvalue weighted by Crippen LogP contribution is -2.85. The summed E-state index contributed by atoms with van der Waals surface area (Å²) in [5.74, 6) is -0.839. The third-order valence-electron chi connectivity index (χ3n) is 9.43. The highest BCUT2D eigenvalue weighted by Crippen LogP contribution is 2.64. The Morgan fingerprint density at radius 3 is 2.89 bits per heavy atom. The van der Waals surface area contributed by atoms with Gasteiger partial charge in [-0.25, -0.2) is 0 Å². The zero-order valence-corrected chi connectivity index (χ0v) is 20.8. The molecule has 0 saturated carbocycles. The van der Waals surface area contributed by atoms with Gasteiger partial charge >= 0.3 is 0 Å². The van der Waals surface area contributed by atoms with Gasteiger partial charge in [-0.15, -0.1) is 0 Å². The van der Waals surface area contributed by atoms with Crippen molar-refractivity contribution in [3.05, 3.63) is 35.0 Å². The van der Waals surface area contributed by atoms with Gasteiger partial charge in [-0.05, 0) is 64.2 Å². The summed E-state index contributed by atoms with van der Waals surface area (Å²) in [5.41, 5.74) is -2.70.